The number of primary amides is 1. The van der Waals surface area contributed by atoms with Gasteiger partial charge in [0.1, 0.15) is 41.6 Å². The molecule has 17 nitrogen and oxygen atoms in total. The highest BCUT2D eigenvalue weighted by molar-refractivity contribution is 8.00. The Bertz CT molecular complexity index is 1290. The molecule has 0 aromatic carbocycles. The number of amides is 5. The van der Waals surface area contributed by atoms with E-state index >= 15 is 0 Å². The van der Waals surface area contributed by atoms with Crippen molar-refractivity contribution in [3.63, 3.8) is 0 Å². The van der Waals surface area contributed by atoms with Crippen molar-refractivity contribution in [1.82, 2.24) is 20.5 Å². The molecule has 0 aliphatic carbocycles. The van der Waals surface area contributed by atoms with Crippen LogP contribution >= 0.6 is 23.1 Å². The first kappa shape index (κ1) is 31.1. The lowest BCUT2D eigenvalue weighted by atomic mass is 10.0. The fourth-order valence-corrected chi connectivity index (χ4v) is 5.47. The van der Waals surface area contributed by atoms with E-state index in [1.165, 1.54) is 5.38 Å². The van der Waals surface area contributed by atoms with Gasteiger partial charge in [0.05, 0.1) is 6.54 Å². The first-order valence-corrected chi connectivity index (χ1v) is 13.7. The number of anilines is 1. The van der Waals surface area contributed by atoms with Crippen LogP contribution < -0.4 is 21.7 Å². The molecule has 1 unspecified atom stereocenters. The molecule has 19 heteroatoms. The van der Waals surface area contributed by atoms with Crippen molar-refractivity contribution < 1.29 is 48.2 Å². The van der Waals surface area contributed by atoms with Crippen molar-refractivity contribution in [3.05, 3.63) is 22.3 Å². The smallest absolute Gasteiger partial charge is 0.407 e. The quantitative estimate of drug-likeness (QED) is 0.0676. The molecule has 5 amide bonds. The summed E-state index contributed by atoms with van der Waals surface area (Å²) in [6, 6.07) is -1.12. The highest BCUT2D eigenvalue weighted by Crippen LogP contribution is 2.40. The van der Waals surface area contributed by atoms with Gasteiger partial charge in [0, 0.05) is 16.7 Å². The summed E-state index contributed by atoms with van der Waals surface area (Å²) in [5, 5.41) is 21.6. The van der Waals surface area contributed by atoms with Crippen molar-refractivity contribution in [2.24, 2.45) is 10.9 Å². The van der Waals surface area contributed by atoms with Gasteiger partial charge in [-0.25, -0.2) is 19.4 Å². The first-order chi connectivity index (χ1) is 19.3. The van der Waals surface area contributed by atoms with Crippen LogP contribution in [0, 0.1) is 0 Å². The van der Waals surface area contributed by atoms with Gasteiger partial charge < -0.3 is 41.1 Å². The van der Waals surface area contributed by atoms with Crippen molar-refractivity contribution in [2.45, 2.75) is 37.8 Å². The third-order valence-electron chi connectivity index (χ3n) is 5.09. The number of carboxylic acid groups (broad SMARTS) is 1. The molecule has 2 atom stereocenters. The average Bonchev–Trinajstić information content (AvgIpc) is 3.34. The molecule has 1 saturated heterocycles. The lowest BCUT2D eigenvalue weighted by molar-refractivity contribution is -0.150. The zero-order valence-electron chi connectivity index (χ0n) is 22.0. The molecule has 1 aromatic heterocycles. The van der Waals surface area contributed by atoms with E-state index in [2.05, 4.69) is 30.8 Å². The van der Waals surface area contributed by atoms with Gasteiger partial charge in [0.15, 0.2) is 10.8 Å². The number of carbonyl (C=O) groups is 6. The number of hydrogen-bond acceptors (Lipinski definition) is 13. The highest BCUT2D eigenvalue weighted by atomic mass is 32.2. The molecule has 3 heterocycles. The van der Waals surface area contributed by atoms with Crippen LogP contribution in [0.25, 0.3) is 0 Å². The number of ether oxygens (including phenoxy) is 2. The minimum Gasteiger partial charge on any atom is -0.477 e. The van der Waals surface area contributed by atoms with Gasteiger partial charge >= 0.3 is 18.2 Å². The van der Waals surface area contributed by atoms with Crippen LogP contribution in [0.4, 0.5) is 14.7 Å². The van der Waals surface area contributed by atoms with Crippen LogP contribution in [-0.4, -0.2) is 99.6 Å². The number of aliphatic carboxylic acids is 1. The highest BCUT2D eigenvalue weighted by Gasteiger charge is 2.54. The molecule has 1 aromatic rings. The maximum Gasteiger partial charge on any atom is 0.407 e. The first-order valence-electron chi connectivity index (χ1n) is 11.8. The van der Waals surface area contributed by atoms with E-state index in [4.69, 9.17) is 15.3 Å². The summed E-state index contributed by atoms with van der Waals surface area (Å²) in [7, 11) is 0. The van der Waals surface area contributed by atoms with Crippen LogP contribution in [0.15, 0.2) is 21.8 Å². The number of fused-ring (bicyclic) bond motifs is 1. The molecule has 3 rings (SSSR count). The number of oxime groups is 1. The Morgan fingerprint density at radius 1 is 1.32 bits per heavy atom. The molecule has 41 heavy (non-hydrogen) atoms. The Morgan fingerprint density at radius 2 is 2.05 bits per heavy atom. The predicted octanol–water partition coefficient (Wildman–Crippen LogP) is -0.209. The molecule has 0 spiro atoms. The molecule has 6 N–H and O–H groups in total. The molecule has 0 radical (unpaired) electrons. The number of β-lactam (4-membered cyclic amide) rings is 1. The van der Waals surface area contributed by atoms with Gasteiger partial charge in [-0.3, -0.25) is 19.3 Å². The fraction of sp³-hybridized carbons (Fsp3) is 0.455. The standard InChI is InChI=1S/C22H27N7O10S2/c1-22(2,3)39-21(36)24-4-5-38-28-12(11-8-41-20(26-11)25-9-30)15(31)27-13-16(32)29-14(18(33)34)10(6-37-19(23)35)7-40-17(13)29/h8-9,13,17H,4-7H2,1-3H3,(H2,23,35)(H,24,36)(H,27,31)(H,33,34)(H,25,26,30)/b28-12+/t13?,17-/m1/s1. The number of alkyl carbamates (subject to hydrolysis) is 1. The van der Waals surface area contributed by atoms with E-state index < -0.39 is 53.6 Å². The van der Waals surface area contributed by atoms with Crippen molar-refractivity contribution in [3.8, 4) is 0 Å². The summed E-state index contributed by atoms with van der Waals surface area (Å²) in [5.74, 6) is -2.90. The van der Waals surface area contributed by atoms with Gasteiger partial charge in [-0.05, 0) is 20.8 Å². The number of carbonyl (C=O) groups excluding carboxylic acids is 5. The van der Waals surface area contributed by atoms with Gasteiger partial charge in [-0.15, -0.1) is 23.1 Å². The molecular formula is C22H27N7O10S2. The number of rotatable bonds is 12. The Balaban J connectivity index is 1.71. The number of thiazole rings is 1. The molecule has 222 valence electrons. The summed E-state index contributed by atoms with van der Waals surface area (Å²) >= 11 is 2.15. The van der Waals surface area contributed by atoms with E-state index in [-0.39, 0.29) is 46.7 Å². The van der Waals surface area contributed by atoms with Crippen molar-refractivity contribution >= 4 is 70.3 Å². The summed E-state index contributed by atoms with van der Waals surface area (Å²) in [6.45, 7) is 4.53. The zero-order chi connectivity index (χ0) is 30.3. The van der Waals surface area contributed by atoms with Crippen LogP contribution in [-0.2, 0) is 33.5 Å². The lowest BCUT2D eigenvalue weighted by Crippen LogP contribution is -2.71. The second kappa shape index (κ2) is 13.3. The van der Waals surface area contributed by atoms with E-state index in [0.29, 0.717) is 6.41 Å². The summed E-state index contributed by atoms with van der Waals surface area (Å²) < 4.78 is 9.80. The predicted molar refractivity (Wildman–Crippen MR) is 144 cm³/mol. The fourth-order valence-electron chi connectivity index (χ4n) is 3.49. The van der Waals surface area contributed by atoms with Crippen molar-refractivity contribution in [2.75, 3.05) is 30.8 Å². The monoisotopic (exact) mass is 613 g/mol. The molecule has 2 aliphatic rings. The largest absolute Gasteiger partial charge is 0.477 e. The number of nitrogens with two attached hydrogens (primary N) is 1. The van der Waals surface area contributed by atoms with E-state index in [9.17, 15) is 33.9 Å². The number of thioether (sulfide) groups is 1. The van der Waals surface area contributed by atoms with E-state index in [1.807, 2.05) is 0 Å². The van der Waals surface area contributed by atoms with Gasteiger partial charge in [0.2, 0.25) is 6.41 Å². The van der Waals surface area contributed by atoms with Gasteiger partial charge in [-0.2, -0.15) is 0 Å². The molecular weight excluding hydrogens is 586 g/mol. The normalized spacial score (nSPS) is 18.5. The second-order valence-electron chi connectivity index (χ2n) is 9.23. The van der Waals surface area contributed by atoms with Crippen LogP contribution in [0.3, 0.4) is 0 Å². The molecule has 0 saturated carbocycles. The van der Waals surface area contributed by atoms with Crippen LogP contribution in [0.5, 0.6) is 0 Å². The summed E-state index contributed by atoms with van der Waals surface area (Å²) in [5.41, 5.74) is 3.75. The van der Waals surface area contributed by atoms with Crippen LogP contribution in [0.1, 0.15) is 26.5 Å². The van der Waals surface area contributed by atoms with E-state index in [1.54, 1.807) is 20.8 Å². The average molecular weight is 614 g/mol. The Hall–Kier alpha value is -4.39. The SMILES string of the molecule is CC(C)(C)OC(=O)NCCO/N=C(/C(=O)NC1C(=O)N2C(C(=O)O)=C(COC(N)=O)CS[C@H]12)c1csc(NC=O)n1. The Morgan fingerprint density at radius 3 is 2.68 bits per heavy atom. The lowest BCUT2D eigenvalue weighted by Gasteiger charge is -2.49. The maximum atomic E-state index is 13.2. The Labute approximate surface area is 240 Å². The third kappa shape index (κ3) is 8.07. The number of hydrogen-bond donors (Lipinski definition) is 5. The zero-order valence-corrected chi connectivity index (χ0v) is 23.6. The molecule has 1 fully saturated rings. The molecule has 2 aliphatic heterocycles. The maximum absolute atomic E-state index is 13.2. The van der Waals surface area contributed by atoms with Crippen molar-refractivity contribution in [1.29, 1.82) is 0 Å². The topological polar surface area (TPSA) is 241 Å². The summed E-state index contributed by atoms with van der Waals surface area (Å²) in [4.78, 5) is 81.8. The van der Waals surface area contributed by atoms with Gasteiger partial charge in [-0.1, -0.05) is 5.16 Å². The van der Waals surface area contributed by atoms with Gasteiger partial charge in [0.25, 0.3) is 11.8 Å². The minimum atomic E-state index is -1.41. The third-order valence-corrected chi connectivity index (χ3v) is 7.20. The molecule has 0 bridgehead atoms. The Kier molecular flexibility index (Phi) is 10.1. The number of aromatic nitrogens is 1. The van der Waals surface area contributed by atoms with E-state index in [0.717, 1.165) is 28.0 Å². The number of nitrogens with zero attached hydrogens (tertiary/aromatic N) is 3. The number of carboxylic acids is 1. The van der Waals surface area contributed by atoms with Crippen LogP contribution in [0.2, 0.25) is 0 Å². The second-order valence-corrected chi connectivity index (χ2v) is 11.2. The summed E-state index contributed by atoms with van der Waals surface area (Å²) in [6.07, 6.45) is -1.38. The minimum absolute atomic E-state index is 0.0107. The number of nitrogens with one attached hydrogen (secondary N) is 3.